The Morgan fingerprint density at radius 3 is 3.05 bits per heavy atom. The Bertz CT molecular complexity index is 564. The normalized spacial score (nSPS) is 18.6. The molecule has 0 spiro atoms. The summed E-state index contributed by atoms with van der Waals surface area (Å²) in [5, 5.41) is 7.46. The molecule has 0 bridgehead atoms. The number of halogens is 1. The van der Waals surface area contributed by atoms with Gasteiger partial charge in [-0.1, -0.05) is 39.3 Å². The molecule has 2 aromatic rings. The highest BCUT2D eigenvalue weighted by molar-refractivity contribution is 9.10. The van der Waals surface area contributed by atoms with Crippen molar-refractivity contribution in [3.8, 4) is 0 Å². The fraction of sp³-hybridized carbons (Fsp3) is 0.467. The fourth-order valence-corrected chi connectivity index (χ4v) is 2.99. The molecule has 1 aromatic carbocycles. The zero-order valence-electron chi connectivity index (χ0n) is 11.3. The minimum Gasteiger partial charge on any atom is -0.339 e. The number of aryl methyl sites for hydroxylation is 1. The number of nitrogens with zero attached hydrogens (tertiary/aromatic N) is 2. The van der Waals surface area contributed by atoms with Crippen molar-refractivity contribution in [2.24, 2.45) is 5.92 Å². The third-order valence-electron chi connectivity index (χ3n) is 3.75. The maximum atomic E-state index is 5.34. The molecular weight excluding hydrogens is 318 g/mol. The molecule has 0 aliphatic carbocycles. The van der Waals surface area contributed by atoms with Gasteiger partial charge in [0.1, 0.15) is 0 Å². The standard InChI is InChI=1S/C15H18BrN3O/c16-13-4-2-1-3-12(13)9-14-18-15(20-19-14)6-5-11-7-8-17-10-11/h1-4,11,17H,5-10H2. The summed E-state index contributed by atoms with van der Waals surface area (Å²) < 4.78 is 6.43. The number of nitrogens with one attached hydrogen (secondary N) is 1. The van der Waals surface area contributed by atoms with Crippen LogP contribution in [0.25, 0.3) is 0 Å². The minimum atomic E-state index is 0.704. The number of hydrogen-bond acceptors (Lipinski definition) is 4. The Morgan fingerprint density at radius 2 is 2.25 bits per heavy atom. The predicted molar refractivity (Wildman–Crippen MR) is 80.5 cm³/mol. The van der Waals surface area contributed by atoms with E-state index in [1.165, 1.54) is 12.0 Å². The first-order valence-corrected chi connectivity index (χ1v) is 7.86. The first kappa shape index (κ1) is 13.8. The van der Waals surface area contributed by atoms with E-state index in [4.69, 9.17) is 4.52 Å². The summed E-state index contributed by atoms with van der Waals surface area (Å²) in [6.45, 7) is 2.26. The smallest absolute Gasteiger partial charge is 0.226 e. The SMILES string of the molecule is Brc1ccccc1Cc1noc(CCC2CCNC2)n1. The largest absolute Gasteiger partial charge is 0.339 e. The van der Waals surface area contributed by atoms with Gasteiger partial charge in [0.2, 0.25) is 5.89 Å². The van der Waals surface area contributed by atoms with Gasteiger partial charge in [0.25, 0.3) is 0 Å². The average molecular weight is 336 g/mol. The molecule has 1 N–H and O–H groups in total. The molecule has 1 unspecified atom stereocenters. The molecule has 1 fully saturated rings. The lowest BCUT2D eigenvalue weighted by Crippen LogP contribution is -2.09. The van der Waals surface area contributed by atoms with Crippen LogP contribution >= 0.6 is 15.9 Å². The van der Waals surface area contributed by atoms with E-state index in [1.807, 2.05) is 18.2 Å². The molecule has 1 aliphatic rings. The summed E-state index contributed by atoms with van der Waals surface area (Å²) in [5.41, 5.74) is 1.18. The Hall–Kier alpha value is -1.20. The summed E-state index contributed by atoms with van der Waals surface area (Å²) >= 11 is 3.54. The molecule has 0 saturated carbocycles. The van der Waals surface area contributed by atoms with Crippen LogP contribution in [0.5, 0.6) is 0 Å². The highest BCUT2D eigenvalue weighted by Crippen LogP contribution is 2.19. The van der Waals surface area contributed by atoms with E-state index in [9.17, 15) is 0 Å². The summed E-state index contributed by atoms with van der Waals surface area (Å²) in [5.74, 6) is 2.28. The number of rotatable bonds is 5. The lowest BCUT2D eigenvalue weighted by Gasteiger charge is -2.04. The van der Waals surface area contributed by atoms with Gasteiger partial charge in [0.15, 0.2) is 5.82 Å². The van der Waals surface area contributed by atoms with Gasteiger partial charge in [-0.3, -0.25) is 0 Å². The lowest BCUT2D eigenvalue weighted by atomic mass is 10.0. The van der Waals surface area contributed by atoms with E-state index < -0.39 is 0 Å². The van der Waals surface area contributed by atoms with E-state index in [-0.39, 0.29) is 0 Å². The Balaban J connectivity index is 1.57. The van der Waals surface area contributed by atoms with Gasteiger partial charge in [0, 0.05) is 17.3 Å². The third-order valence-corrected chi connectivity index (χ3v) is 4.52. The topological polar surface area (TPSA) is 51.0 Å². The van der Waals surface area contributed by atoms with Crippen molar-refractivity contribution in [3.63, 3.8) is 0 Å². The fourth-order valence-electron chi connectivity index (χ4n) is 2.56. The van der Waals surface area contributed by atoms with Crippen molar-refractivity contribution in [3.05, 3.63) is 46.0 Å². The molecular formula is C15H18BrN3O. The van der Waals surface area contributed by atoms with Crippen LogP contribution in [-0.2, 0) is 12.8 Å². The van der Waals surface area contributed by atoms with E-state index in [1.54, 1.807) is 0 Å². The number of hydrogen-bond donors (Lipinski definition) is 1. The molecule has 1 saturated heterocycles. The summed E-state index contributed by atoms with van der Waals surface area (Å²) in [6.07, 6.45) is 3.98. The molecule has 0 amide bonds. The second-order valence-corrected chi connectivity index (χ2v) is 6.12. The monoisotopic (exact) mass is 335 g/mol. The quantitative estimate of drug-likeness (QED) is 0.912. The van der Waals surface area contributed by atoms with Gasteiger partial charge >= 0.3 is 0 Å². The minimum absolute atomic E-state index is 0.704. The van der Waals surface area contributed by atoms with Crippen molar-refractivity contribution in [1.82, 2.24) is 15.5 Å². The van der Waals surface area contributed by atoms with Crippen LogP contribution in [0.1, 0.15) is 30.1 Å². The second kappa shape index (κ2) is 6.50. The highest BCUT2D eigenvalue weighted by Gasteiger charge is 2.16. The van der Waals surface area contributed by atoms with E-state index in [0.29, 0.717) is 6.42 Å². The molecule has 2 heterocycles. The van der Waals surface area contributed by atoms with Crippen molar-refractivity contribution in [1.29, 1.82) is 0 Å². The summed E-state index contributed by atoms with van der Waals surface area (Å²) in [6, 6.07) is 8.13. The van der Waals surface area contributed by atoms with Gasteiger partial charge in [-0.15, -0.1) is 0 Å². The molecule has 20 heavy (non-hydrogen) atoms. The number of aromatic nitrogens is 2. The van der Waals surface area contributed by atoms with Crippen molar-refractivity contribution < 1.29 is 4.52 Å². The Morgan fingerprint density at radius 1 is 1.35 bits per heavy atom. The molecule has 0 radical (unpaired) electrons. The predicted octanol–water partition coefficient (Wildman–Crippen LogP) is 2.97. The first-order valence-electron chi connectivity index (χ1n) is 7.07. The second-order valence-electron chi connectivity index (χ2n) is 5.27. The van der Waals surface area contributed by atoms with Crippen LogP contribution in [0.15, 0.2) is 33.3 Å². The summed E-state index contributed by atoms with van der Waals surface area (Å²) in [4.78, 5) is 4.49. The maximum absolute atomic E-state index is 5.34. The Labute approximate surface area is 127 Å². The first-order chi connectivity index (χ1) is 9.81. The molecule has 3 rings (SSSR count). The highest BCUT2D eigenvalue weighted by atomic mass is 79.9. The van der Waals surface area contributed by atoms with Gasteiger partial charge in [-0.25, -0.2) is 0 Å². The lowest BCUT2D eigenvalue weighted by molar-refractivity contribution is 0.361. The Kier molecular flexibility index (Phi) is 4.47. The number of benzene rings is 1. The zero-order chi connectivity index (χ0) is 13.8. The van der Waals surface area contributed by atoms with Crippen LogP contribution in [0, 0.1) is 5.92 Å². The van der Waals surface area contributed by atoms with Crippen LogP contribution in [0.3, 0.4) is 0 Å². The van der Waals surface area contributed by atoms with Crippen LogP contribution in [0.2, 0.25) is 0 Å². The van der Waals surface area contributed by atoms with Crippen molar-refractivity contribution in [2.75, 3.05) is 13.1 Å². The van der Waals surface area contributed by atoms with Gasteiger partial charge < -0.3 is 9.84 Å². The van der Waals surface area contributed by atoms with Gasteiger partial charge in [0.05, 0.1) is 0 Å². The van der Waals surface area contributed by atoms with E-state index >= 15 is 0 Å². The third kappa shape index (κ3) is 3.46. The zero-order valence-corrected chi connectivity index (χ0v) is 12.9. The van der Waals surface area contributed by atoms with Gasteiger partial charge in [-0.05, 0) is 43.5 Å². The molecule has 4 nitrogen and oxygen atoms in total. The van der Waals surface area contributed by atoms with Crippen LogP contribution in [-0.4, -0.2) is 23.2 Å². The molecule has 1 aromatic heterocycles. The van der Waals surface area contributed by atoms with Crippen molar-refractivity contribution >= 4 is 15.9 Å². The average Bonchev–Trinajstić information content (AvgIpc) is 3.10. The van der Waals surface area contributed by atoms with E-state index in [2.05, 4.69) is 37.5 Å². The maximum Gasteiger partial charge on any atom is 0.226 e. The molecule has 5 heteroatoms. The summed E-state index contributed by atoms with van der Waals surface area (Å²) in [7, 11) is 0. The molecule has 106 valence electrons. The molecule has 1 atom stereocenters. The van der Waals surface area contributed by atoms with Crippen molar-refractivity contribution in [2.45, 2.75) is 25.7 Å². The van der Waals surface area contributed by atoms with E-state index in [0.717, 1.165) is 48.0 Å². The molecule has 1 aliphatic heterocycles. The van der Waals surface area contributed by atoms with Gasteiger partial charge in [-0.2, -0.15) is 4.98 Å². The van der Waals surface area contributed by atoms with Crippen LogP contribution < -0.4 is 5.32 Å². The van der Waals surface area contributed by atoms with Crippen LogP contribution in [0.4, 0.5) is 0 Å².